The molecule has 1 aliphatic carbocycles. The predicted octanol–water partition coefficient (Wildman–Crippen LogP) is 2.73. The highest BCUT2D eigenvalue weighted by Crippen LogP contribution is 2.54. The van der Waals surface area contributed by atoms with Gasteiger partial charge in [0.1, 0.15) is 5.41 Å². The molecule has 1 heterocycles. The summed E-state index contributed by atoms with van der Waals surface area (Å²) in [5.74, 6) is -0.675. The maximum absolute atomic E-state index is 12.9. The van der Waals surface area contributed by atoms with E-state index >= 15 is 0 Å². The van der Waals surface area contributed by atoms with E-state index in [1.54, 1.807) is 0 Å². The molecule has 2 aliphatic rings. The number of hydrogen-bond donors (Lipinski definition) is 0. The molecule has 0 N–H and O–H groups in total. The molecular weight excluding hydrogens is 219 g/mol. The van der Waals surface area contributed by atoms with Crippen LogP contribution in [-0.4, -0.2) is 30.1 Å². The number of halogens is 3. The number of piperidine rings is 1. The molecule has 16 heavy (non-hydrogen) atoms. The normalized spacial score (nSPS) is 25.1. The molecule has 0 radical (unpaired) electrons. The second-order valence-electron chi connectivity index (χ2n) is 4.79. The van der Waals surface area contributed by atoms with Gasteiger partial charge in [0.25, 0.3) is 0 Å². The van der Waals surface area contributed by atoms with Gasteiger partial charge >= 0.3 is 6.18 Å². The Hall–Kier alpha value is -0.740. The van der Waals surface area contributed by atoms with Gasteiger partial charge in [0, 0.05) is 13.1 Å². The number of likely N-dealkylation sites (tertiary alicyclic amines) is 1. The third kappa shape index (κ3) is 1.70. The molecule has 2 rings (SSSR count). The summed E-state index contributed by atoms with van der Waals surface area (Å²) in [5, 5.41) is 0. The van der Waals surface area contributed by atoms with Crippen LogP contribution in [0.1, 0.15) is 38.5 Å². The van der Waals surface area contributed by atoms with Gasteiger partial charge in [0.2, 0.25) is 5.91 Å². The highest BCUT2D eigenvalue weighted by molar-refractivity contribution is 5.84. The molecule has 1 aliphatic heterocycles. The van der Waals surface area contributed by atoms with Crippen molar-refractivity contribution in [1.29, 1.82) is 0 Å². The van der Waals surface area contributed by atoms with Crippen LogP contribution in [0.25, 0.3) is 0 Å². The summed E-state index contributed by atoms with van der Waals surface area (Å²) < 4.78 is 38.7. The topological polar surface area (TPSA) is 20.3 Å². The average molecular weight is 235 g/mol. The van der Waals surface area contributed by atoms with E-state index in [-0.39, 0.29) is 12.8 Å². The standard InChI is InChI=1S/C11H16F3NO/c12-11(13,14)10(5-4-6-10)9(16)15-7-2-1-3-8-15/h1-8H2. The van der Waals surface area contributed by atoms with Crippen molar-refractivity contribution in [3.8, 4) is 0 Å². The Labute approximate surface area is 92.8 Å². The molecule has 0 spiro atoms. The lowest BCUT2D eigenvalue weighted by molar-refractivity contribution is -0.248. The maximum Gasteiger partial charge on any atom is 0.403 e. The van der Waals surface area contributed by atoms with Crippen LogP contribution >= 0.6 is 0 Å². The lowest BCUT2D eigenvalue weighted by Gasteiger charge is -2.45. The van der Waals surface area contributed by atoms with Crippen molar-refractivity contribution in [3.63, 3.8) is 0 Å². The minimum Gasteiger partial charge on any atom is -0.342 e. The summed E-state index contributed by atoms with van der Waals surface area (Å²) in [6.45, 7) is 0.993. The molecule has 1 saturated heterocycles. The average Bonchev–Trinajstić information content (AvgIpc) is 2.15. The van der Waals surface area contributed by atoms with Crippen LogP contribution in [0.3, 0.4) is 0 Å². The van der Waals surface area contributed by atoms with Gasteiger partial charge in [-0.3, -0.25) is 4.79 Å². The van der Waals surface area contributed by atoms with Crippen molar-refractivity contribution in [2.75, 3.05) is 13.1 Å². The number of amides is 1. The Balaban J connectivity index is 2.12. The van der Waals surface area contributed by atoms with E-state index in [0.29, 0.717) is 19.5 Å². The van der Waals surface area contributed by atoms with Crippen LogP contribution in [0.2, 0.25) is 0 Å². The summed E-state index contributed by atoms with van der Waals surface area (Å²) >= 11 is 0. The second kappa shape index (κ2) is 3.93. The van der Waals surface area contributed by atoms with Crippen molar-refractivity contribution in [3.05, 3.63) is 0 Å². The molecule has 92 valence electrons. The quantitative estimate of drug-likeness (QED) is 0.684. The first-order valence-electron chi connectivity index (χ1n) is 5.83. The van der Waals surface area contributed by atoms with Gasteiger partial charge in [-0.1, -0.05) is 6.42 Å². The Bertz CT molecular complexity index is 277. The van der Waals surface area contributed by atoms with Gasteiger partial charge in [0.05, 0.1) is 0 Å². The Morgan fingerprint density at radius 3 is 1.94 bits per heavy atom. The molecule has 0 aromatic carbocycles. The van der Waals surface area contributed by atoms with Crippen molar-refractivity contribution in [2.45, 2.75) is 44.7 Å². The molecule has 1 saturated carbocycles. The molecular formula is C11H16F3NO. The first-order valence-corrected chi connectivity index (χ1v) is 5.83. The van der Waals surface area contributed by atoms with E-state index in [2.05, 4.69) is 0 Å². The summed E-state index contributed by atoms with van der Waals surface area (Å²) in [5.41, 5.74) is -2.04. The molecule has 0 aromatic rings. The van der Waals surface area contributed by atoms with E-state index in [1.165, 1.54) is 4.90 Å². The summed E-state index contributed by atoms with van der Waals surface area (Å²) in [4.78, 5) is 13.4. The van der Waals surface area contributed by atoms with Gasteiger partial charge < -0.3 is 4.90 Å². The molecule has 5 heteroatoms. The first kappa shape index (κ1) is 11.7. The SMILES string of the molecule is O=C(N1CCCCC1)C1(C(F)(F)F)CCC1. The van der Waals surface area contributed by atoms with E-state index in [9.17, 15) is 18.0 Å². The van der Waals surface area contributed by atoms with Crippen molar-refractivity contribution >= 4 is 5.91 Å². The summed E-state index contributed by atoms with van der Waals surface area (Å²) in [6, 6.07) is 0. The van der Waals surface area contributed by atoms with Crippen LogP contribution in [0.4, 0.5) is 13.2 Å². The lowest BCUT2D eigenvalue weighted by atomic mass is 9.67. The molecule has 0 atom stereocenters. The fourth-order valence-electron chi connectivity index (χ4n) is 2.55. The van der Waals surface area contributed by atoms with Crippen LogP contribution in [0, 0.1) is 5.41 Å². The van der Waals surface area contributed by atoms with Crippen LogP contribution in [-0.2, 0) is 4.79 Å². The third-order valence-corrected chi connectivity index (χ3v) is 3.80. The summed E-state index contributed by atoms with van der Waals surface area (Å²) in [7, 11) is 0. The van der Waals surface area contributed by atoms with Crippen LogP contribution < -0.4 is 0 Å². The Kier molecular flexibility index (Phi) is 2.88. The molecule has 2 fully saturated rings. The number of carbonyl (C=O) groups excluding carboxylic acids is 1. The van der Waals surface area contributed by atoms with Crippen molar-refractivity contribution in [1.82, 2.24) is 4.90 Å². The van der Waals surface area contributed by atoms with Gasteiger partial charge in [-0.05, 0) is 32.1 Å². The maximum atomic E-state index is 12.9. The lowest BCUT2D eigenvalue weighted by Crippen LogP contribution is -2.56. The monoisotopic (exact) mass is 235 g/mol. The van der Waals surface area contributed by atoms with Crippen LogP contribution in [0.15, 0.2) is 0 Å². The second-order valence-corrected chi connectivity index (χ2v) is 4.79. The molecule has 0 unspecified atom stereocenters. The largest absolute Gasteiger partial charge is 0.403 e. The number of carbonyl (C=O) groups is 1. The number of nitrogens with zero attached hydrogens (tertiary/aromatic N) is 1. The van der Waals surface area contributed by atoms with Crippen molar-refractivity contribution in [2.24, 2.45) is 5.41 Å². The highest BCUT2D eigenvalue weighted by Gasteiger charge is 2.64. The number of alkyl halides is 3. The Morgan fingerprint density at radius 2 is 1.56 bits per heavy atom. The van der Waals surface area contributed by atoms with E-state index in [1.807, 2.05) is 0 Å². The van der Waals surface area contributed by atoms with E-state index in [4.69, 9.17) is 0 Å². The van der Waals surface area contributed by atoms with E-state index < -0.39 is 17.5 Å². The third-order valence-electron chi connectivity index (χ3n) is 3.80. The zero-order valence-electron chi connectivity index (χ0n) is 9.15. The molecule has 1 amide bonds. The van der Waals surface area contributed by atoms with Crippen LogP contribution in [0.5, 0.6) is 0 Å². The van der Waals surface area contributed by atoms with Gasteiger partial charge in [-0.2, -0.15) is 13.2 Å². The van der Waals surface area contributed by atoms with Gasteiger partial charge in [-0.15, -0.1) is 0 Å². The zero-order valence-corrected chi connectivity index (χ0v) is 9.15. The molecule has 2 nitrogen and oxygen atoms in total. The number of hydrogen-bond acceptors (Lipinski definition) is 1. The van der Waals surface area contributed by atoms with Gasteiger partial charge in [-0.25, -0.2) is 0 Å². The molecule has 0 bridgehead atoms. The minimum absolute atomic E-state index is 0.0220. The zero-order chi connectivity index (χ0) is 11.8. The smallest absolute Gasteiger partial charge is 0.342 e. The van der Waals surface area contributed by atoms with Crippen molar-refractivity contribution < 1.29 is 18.0 Å². The summed E-state index contributed by atoms with van der Waals surface area (Å²) in [6.07, 6.45) is -1.22. The van der Waals surface area contributed by atoms with Gasteiger partial charge in [0.15, 0.2) is 0 Å². The predicted molar refractivity (Wildman–Crippen MR) is 52.8 cm³/mol. The molecule has 0 aromatic heterocycles. The minimum atomic E-state index is -4.38. The fourth-order valence-corrected chi connectivity index (χ4v) is 2.55. The Morgan fingerprint density at radius 1 is 1.00 bits per heavy atom. The first-order chi connectivity index (χ1) is 7.47. The fraction of sp³-hybridized carbons (Fsp3) is 0.909. The van der Waals surface area contributed by atoms with E-state index in [0.717, 1.165) is 19.3 Å². The highest BCUT2D eigenvalue weighted by atomic mass is 19.4. The number of rotatable bonds is 1.